The summed E-state index contributed by atoms with van der Waals surface area (Å²) < 4.78 is 0. The van der Waals surface area contributed by atoms with E-state index in [4.69, 9.17) is 11.6 Å². The van der Waals surface area contributed by atoms with Crippen molar-refractivity contribution in [3.05, 3.63) is 76.8 Å². The molecule has 0 aliphatic rings. The van der Waals surface area contributed by atoms with Crippen molar-refractivity contribution < 1.29 is 0 Å². The molecule has 0 nitrogen and oxygen atoms in total. The van der Waals surface area contributed by atoms with Crippen molar-refractivity contribution in [3.8, 4) is 0 Å². The van der Waals surface area contributed by atoms with E-state index in [9.17, 15) is 0 Å². The van der Waals surface area contributed by atoms with Gasteiger partial charge in [0.05, 0.1) is 5.02 Å². The second kappa shape index (κ2) is 5.00. The van der Waals surface area contributed by atoms with Gasteiger partial charge in [-0.05, 0) is 23.1 Å². The molecule has 0 spiro atoms. The quantitative estimate of drug-likeness (QED) is 0.722. The maximum Gasteiger partial charge on any atom is 0.0513 e. The zero-order chi connectivity index (χ0) is 11.4. The Kier molecular flexibility index (Phi) is 3.43. The second-order valence-corrected chi connectivity index (χ2v) is 4.06. The van der Waals surface area contributed by atoms with Gasteiger partial charge >= 0.3 is 0 Å². The molecule has 2 rings (SSSR count). The first kappa shape index (κ1) is 11.0. The van der Waals surface area contributed by atoms with Crippen LogP contribution >= 0.6 is 11.6 Å². The monoisotopic (exact) mass is 228 g/mol. The fourth-order valence-electron chi connectivity index (χ4n) is 1.71. The molecule has 1 heteroatoms. The van der Waals surface area contributed by atoms with Gasteiger partial charge in [-0.1, -0.05) is 72.8 Å². The molecule has 0 unspecified atom stereocenters. The normalized spacial score (nSPS) is 10.1. The van der Waals surface area contributed by atoms with E-state index in [1.807, 2.05) is 30.3 Å². The zero-order valence-electron chi connectivity index (χ0n) is 8.99. The molecule has 0 N–H and O–H groups in total. The summed E-state index contributed by atoms with van der Waals surface area (Å²) >= 11 is 6.29. The van der Waals surface area contributed by atoms with Gasteiger partial charge in [0.2, 0.25) is 0 Å². The number of hydrogen-bond acceptors (Lipinski definition) is 0. The SMILES string of the molecule is C=Cc1cccc(Cc2ccccc2)c1Cl. The summed E-state index contributed by atoms with van der Waals surface area (Å²) in [6.45, 7) is 3.76. The van der Waals surface area contributed by atoms with Crippen LogP contribution in [0, 0.1) is 0 Å². The molecular weight excluding hydrogens is 216 g/mol. The molecule has 0 bridgehead atoms. The lowest BCUT2D eigenvalue weighted by Crippen LogP contribution is -1.90. The van der Waals surface area contributed by atoms with Gasteiger partial charge in [-0.25, -0.2) is 0 Å². The summed E-state index contributed by atoms with van der Waals surface area (Å²) in [5, 5.41) is 0.807. The molecule has 0 amide bonds. The van der Waals surface area contributed by atoms with Gasteiger partial charge in [0.1, 0.15) is 0 Å². The van der Waals surface area contributed by atoms with Gasteiger partial charge in [-0.3, -0.25) is 0 Å². The van der Waals surface area contributed by atoms with E-state index < -0.39 is 0 Å². The zero-order valence-corrected chi connectivity index (χ0v) is 9.74. The van der Waals surface area contributed by atoms with Crippen LogP contribution in [0.4, 0.5) is 0 Å². The van der Waals surface area contributed by atoms with Crippen LogP contribution < -0.4 is 0 Å². The van der Waals surface area contributed by atoms with Crippen molar-refractivity contribution in [3.63, 3.8) is 0 Å². The fraction of sp³-hybridized carbons (Fsp3) is 0.0667. The Morgan fingerprint density at radius 1 is 1.00 bits per heavy atom. The molecule has 0 radical (unpaired) electrons. The Balaban J connectivity index is 2.32. The lowest BCUT2D eigenvalue weighted by Gasteiger charge is -2.06. The van der Waals surface area contributed by atoms with Gasteiger partial charge < -0.3 is 0 Å². The molecule has 0 saturated heterocycles. The van der Waals surface area contributed by atoms with Gasteiger partial charge in [0, 0.05) is 0 Å². The summed E-state index contributed by atoms with van der Waals surface area (Å²) in [6.07, 6.45) is 2.65. The minimum atomic E-state index is 0.807. The van der Waals surface area contributed by atoms with Crippen LogP contribution in [0.15, 0.2) is 55.1 Å². The first-order chi connectivity index (χ1) is 7.81. The number of benzene rings is 2. The molecule has 0 heterocycles. The van der Waals surface area contributed by atoms with Crippen molar-refractivity contribution in [1.29, 1.82) is 0 Å². The second-order valence-electron chi connectivity index (χ2n) is 3.69. The highest BCUT2D eigenvalue weighted by molar-refractivity contribution is 6.32. The van der Waals surface area contributed by atoms with Gasteiger partial charge in [0.15, 0.2) is 0 Å². The maximum atomic E-state index is 6.29. The average molecular weight is 229 g/mol. The minimum absolute atomic E-state index is 0.807. The fourth-order valence-corrected chi connectivity index (χ4v) is 1.98. The third-order valence-corrected chi connectivity index (χ3v) is 3.03. The molecule has 0 aliphatic heterocycles. The smallest absolute Gasteiger partial charge is 0.0513 e. The molecule has 0 atom stereocenters. The summed E-state index contributed by atoms with van der Waals surface area (Å²) in [7, 11) is 0. The Bertz CT molecular complexity index is 486. The highest BCUT2D eigenvalue weighted by Crippen LogP contribution is 2.24. The van der Waals surface area contributed by atoms with Crippen molar-refractivity contribution in [2.45, 2.75) is 6.42 Å². The Hall–Kier alpha value is -1.53. The van der Waals surface area contributed by atoms with Crippen LogP contribution in [0.3, 0.4) is 0 Å². The Labute approximate surface area is 101 Å². The molecular formula is C15H13Cl. The van der Waals surface area contributed by atoms with Crippen LogP contribution in [-0.4, -0.2) is 0 Å². The van der Waals surface area contributed by atoms with Crippen LogP contribution in [0.5, 0.6) is 0 Å². The van der Waals surface area contributed by atoms with Crippen molar-refractivity contribution in [2.75, 3.05) is 0 Å². The molecule has 2 aromatic rings. The summed E-state index contributed by atoms with van der Waals surface area (Å²) in [5.41, 5.74) is 3.41. The third kappa shape index (κ3) is 2.34. The molecule has 16 heavy (non-hydrogen) atoms. The van der Waals surface area contributed by atoms with E-state index in [2.05, 4.69) is 24.8 Å². The minimum Gasteiger partial charge on any atom is -0.0984 e. The first-order valence-corrected chi connectivity index (χ1v) is 5.63. The first-order valence-electron chi connectivity index (χ1n) is 5.25. The van der Waals surface area contributed by atoms with Crippen molar-refractivity contribution >= 4 is 17.7 Å². The molecule has 0 aromatic heterocycles. The van der Waals surface area contributed by atoms with Crippen LogP contribution in [0.2, 0.25) is 5.02 Å². The highest BCUT2D eigenvalue weighted by atomic mass is 35.5. The predicted molar refractivity (Wildman–Crippen MR) is 70.8 cm³/mol. The standard InChI is InChI=1S/C15H13Cl/c1-2-13-9-6-10-14(15(13)16)11-12-7-4-3-5-8-12/h2-10H,1,11H2. The van der Waals surface area contributed by atoms with Crippen LogP contribution in [0.1, 0.15) is 16.7 Å². The summed E-state index contributed by atoms with van der Waals surface area (Å²) in [4.78, 5) is 0. The summed E-state index contributed by atoms with van der Waals surface area (Å²) in [6, 6.07) is 16.4. The largest absolute Gasteiger partial charge is 0.0984 e. The highest BCUT2D eigenvalue weighted by Gasteiger charge is 2.04. The van der Waals surface area contributed by atoms with Gasteiger partial charge in [-0.15, -0.1) is 0 Å². The van der Waals surface area contributed by atoms with E-state index in [1.54, 1.807) is 6.08 Å². The number of halogens is 1. The number of hydrogen-bond donors (Lipinski definition) is 0. The van der Waals surface area contributed by atoms with E-state index in [1.165, 1.54) is 5.56 Å². The lowest BCUT2D eigenvalue weighted by molar-refractivity contribution is 1.19. The molecule has 0 fully saturated rings. The van der Waals surface area contributed by atoms with Crippen molar-refractivity contribution in [1.82, 2.24) is 0 Å². The van der Waals surface area contributed by atoms with Crippen LogP contribution in [0.25, 0.3) is 6.08 Å². The predicted octanol–water partition coefficient (Wildman–Crippen LogP) is 4.57. The summed E-state index contributed by atoms with van der Waals surface area (Å²) in [5.74, 6) is 0. The topological polar surface area (TPSA) is 0 Å². The van der Waals surface area contributed by atoms with Gasteiger partial charge in [-0.2, -0.15) is 0 Å². The van der Waals surface area contributed by atoms with E-state index >= 15 is 0 Å². The van der Waals surface area contributed by atoms with E-state index in [0.717, 1.165) is 22.6 Å². The molecule has 0 aliphatic carbocycles. The number of rotatable bonds is 3. The van der Waals surface area contributed by atoms with Crippen LogP contribution in [-0.2, 0) is 6.42 Å². The van der Waals surface area contributed by atoms with E-state index in [-0.39, 0.29) is 0 Å². The van der Waals surface area contributed by atoms with E-state index in [0.29, 0.717) is 0 Å². The van der Waals surface area contributed by atoms with Crippen molar-refractivity contribution in [2.24, 2.45) is 0 Å². The Morgan fingerprint density at radius 3 is 2.44 bits per heavy atom. The molecule has 80 valence electrons. The Morgan fingerprint density at radius 2 is 1.75 bits per heavy atom. The maximum absolute atomic E-state index is 6.29. The average Bonchev–Trinajstić information content (AvgIpc) is 2.33. The molecule has 0 saturated carbocycles. The lowest BCUT2D eigenvalue weighted by atomic mass is 10.0. The molecule has 2 aromatic carbocycles. The third-order valence-electron chi connectivity index (χ3n) is 2.57. The van der Waals surface area contributed by atoms with Gasteiger partial charge in [0.25, 0.3) is 0 Å².